The molecular weight excluding hydrogens is 872 g/mol. The Morgan fingerprint density at radius 1 is 0.576 bits per heavy atom. The first kappa shape index (κ1) is 50.5. The summed E-state index contributed by atoms with van der Waals surface area (Å²) in [5.74, 6) is -17.7. The van der Waals surface area contributed by atoms with Gasteiger partial charge in [-0.05, 0) is 63.3 Å². The first-order chi connectivity index (χ1) is 29.7. The fourth-order valence-corrected chi connectivity index (χ4v) is 11.2. The molecule has 8 rings (SSSR count). The van der Waals surface area contributed by atoms with Crippen molar-refractivity contribution >= 4 is 34.9 Å². The van der Waals surface area contributed by atoms with Gasteiger partial charge in [-0.2, -0.15) is 0 Å². The Hall–Kier alpha value is -6.50. The summed E-state index contributed by atoms with van der Waals surface area (Å²) in [5.41, 5.74) is 2.73. The van der Waals surface area contributed by atoms with Gasteiger partial charge < -0.3 is 73.5 Å². The summed E-state index contributed by atoms with van der Waals surface area (Å²) in [5, 5.41) is 110. The minimum Gasteiger partial charge on any atom is -0.510 e. The Morgan fingerprint density at radius 3 is 1.15 bits per heavy atom. The van der Waals surface area contributed by atoms with Crippen molar-refractivity contribution in [3.8, 4) is 11.5 Å². The molecule has 0 bridgehead atoms. The fourth-order valence-electron chi connectivity index (χ4n) is 11.2. The Morgan fingerprint density at radius 2 is 0.879 bits per heavy atom. The van der Waals surface area contributed by atoms with Crippen LogP contribution in [0.3, 0.4) is 0 Å². The van der Waals surface area contributed by atoms with E-state index in [-0.39, 0.29) is 33.6 Å². The smallest absolute Gasteiger partial charge is 0.255 e. The van der Waals surface area contributed by atoms with E-state index in [9.17, 15) is 79.8 Å². The van der Waals surface area contributed by atoms with Crippen LogP contribution >= 0.6 is 0 Å². The second-order valence-electron chi connectivity index (χ2n) is 17.6. The summed E-state index contributed by atoms with van der Waals surface area (Å²) in [6.45, 7) is 3.35. The van der Waals surface area contributed by atoms with Crippen molar-refractivity contribution in [1.82, 2.24) is 9.80 Å². The van der Waals surface area contributed by atoms with Gasteiger partial charge in [0.05, 0.1) is 47.3 Å². The SMILES string of the molecule is C[C@H]1c2cccc(O)c2C(=O)C2=C(O)[C@]3(O)C(=O)C(C(N)=O)=C(O)[C@@H](N(C)C)[C@@H]3[C@@H](O)[C@@H]21.C[C@H]1c2cccc(O)c2C(=O)C2=C(O)[C@]3(O)C(=O)C(C(N)=O)=C(O)[C@@H](N(C)C)[C@@H]3[C@@H](O)[C@@H]21.O.O. The molecule has 0 heterocycles. The number of Topliss-reactive ketones (excluding diaryl/α,β-unsaturated/α-hetero) is 4. The van der Waals surface area contributed by atoms with Crippen LogP contribution in [0.1, 0.15) is 57.5 Å². The van der Waals surface area contributed by atoms with Gasteiger partial charge in [0.15, 0.2) is 22.8 Å². The maximum absolute atomic E-state index is 13.3. The normalized spacial score (nSPS) is 33.3. The highest BCUT2D eigenvalue weighted by atomic mass is 16.4. The third-order valence-corrected chi connectivity index (χ3v) is 14.0. The number of hydrogen-bond donors (Lipinski definition) is 12. The lowest BCUT2D eigenvalue weighted by Gasteiger charge is -2.53. The van der Waals surface area contributed by atoms with E-state index < -0.39 is 151 Å². The summed E-state index contributed by atoms with van der Waals surface area (Å²) < 4.78 is 0. The predicted octanol–water partition coefficient (Wildman–Crippen LogP) is -2.34. The zero-order valence-electron chi connectivity index (χ0n) is 36.2. The van der Waals surface area contributed by atoms with Gasteiger partial charge in [0.2, 0.25) is 11.6 Å². The van der Waals surface area contributed by atoms with Gasteiger partial charge in [-0.25, -0.2) is 0 Å². The molecule has 6 aliphatic rings. The lowest BCUT2D eigenvalue weighted by molar-refractivity contribution is -0.162. The zero-order chi connectivity index (χ0) is 47.7. The Labute approximate surface area is 374 Å². The van der Waals surface area contributed by atoms with Crippen molar-refractivity contribution in [1.29, 1.82) is 0 Å². The summed E-state index contributed by atoms with van der Waals surface area (Å²) >= 11 is 0. The van der Waals surface area contributed by atoms with Crippen LogP contribution in [-0.4, -0.2) is 170 Å². The van der Waals surface area contributed by atoms with Crippen LogP contribution in [0.25, 0.3) is 0 Å². The number of amides is 2. The van der Waals surface area contributed by atoms with E-state index in [1.54, 1.807) is 38.1 Å². The van der Waals surface area contributed by atoms with Crippen LogP contribution in [0, 0.1) is 23.7 Å². The van der Waals surface area contributed by atoms with Crippen molar-refractivity contribution in [3.63, 3.8) is 0 Å². The molecule has 0 saturated heterocycles. The van der Waals surface area contributed by atoms with Crippen molar-refractivity contribution in [2.24, 2.45) is 35.1 Å². The molecule has 0 aromatic heterocycles. The van der Waals surface area contributed by atoms with Crippen molar-refractivity contribution < 1.29 is 90.8 Å². The number of phenolic OH excluding ortho intramolecular Hbond substituents is 2. The molecule has 356 valence electrons. The van der Waals surface area contributed by atoms with Gasteiger partial charge in [0, 0.05) is 23.0 Å². The predicted molar refractivity (Wildman–Crippen MR) is 227 cm³/mol. The number of primary amides is 2. The first-order valence-electron chi connectivity index (χ1n) is 20.0. The molecule has 22 nitrogen and oxygen atoms in total. The Balaban J connectivity index is 0.000000240. The zero-order valence-corrected chi connectivity index (χ0v) is 36.2. The average molecular weight is 925 g/mol. The number of nitrogens with zero attached hydrogens (tertiary/aromatic N) is 2. The Kier molecular flexibility index (Phi) is 12.8. The van der Waals surface area contributed by atoms with Crippen molar-refractivity contribution in [2.75, 3.05) is 28.2 Å². The highest BCUT2D eigenvalue weighted by molar-refractivity contribution is 6.26. The molecule has 6 aliphatic carbocycles. The molecule has 0 radical (unpaired) electrons. The molecule has 2 aromatic rings. The lowest BCUT2D eigenvalue weighted by atomic mass is 9.55. The molecule has 0 fully saturated rings. The third kappa shape index (κ3) is 6.39. The first-order valence-corrected chi connectivity index (χ1v) is 20.0. The largest absolute Gasteiger partial charge is 0.510 e. The number of carbonyl (C=O) groups excluding carboxylic acids is 6. The molecule has 0 saturated carbocycles. The molecule has 18 N–H and O–H groups in total. The monoisotopic (exact) mass is 924 g/mol. The molecular formula is C44H52N4O18. The average Bonchev–Trinajstić information content (AvgIpc) is 3.20. The fraction of sp³-hybridized carbons (Fsp3) is 0.409. The highest BCUT2D eigenvalue weighted by Crippen LogP contribution is 2.57. The number of fused-ring (bicyclic) bond motifs is 6. The van der Waals surface area contributed by atoms with Gasteiger partial charge in [0.1, 0.15) is 45.7 Å². The van der Waals surface area contributed by atoms with E-state index in [1.165, 1.54) is 50.1 Å². The second-order valence-corrected chi connectivity index (χ2v) is 17.6. The van der Waals surface area contributed by atoms with Crippen LogP contribution in [0.15, 0.2) is 81.7 Å². The molecule has 2 aromatic carbocycles. The maximum Gasteiger partial charge on any atom is 0.255 e. The van der Waals surface area contributed by atoms with Crippen LogP contribution in [0.5, 0.6) is 11.5 Å². The van der Waals surface area contributed by atoms with E-state index >= 15 is 0 Å². The number of nitrogens with two attached hydrogens (primary N) is 2. The summed E-state index contributed by atoms with van der Waals surface area (Å²) in [7, 11) is 5.95. The molecule has 12 atom stereocenters. The summed E-state index contributed by atoms with van der Waals surface area (Å²) in [4.78, 5) is 79.6. The van der Waals surface area contributed by atoms with Crippen molar-refractivity contribution in [2.45, 2.75) is 61.2 Å². The number of aliphatic hydroxyl groups is 8. The maximum atomic E-state index is 13.3. The van der Waals surface area contributed by atoms with Gasteiger partial charge in [-0.15, -0.1) is 0 Å². The topological polar surface area (TPSA) is 426 Å². The van der Waals surface area contributed by atoms with Gasteiger partial charge in [0.25, 0.3) is 11.8 Å². The van der Waals surface area contributed by atoms with Crippen LogP contribution in [-0.2, 0) is 19.2 Å². The number of ketones is 4. The van der Waals surface area contributed by atoms with Gasteiger partial charge in [-0.3, -0.25) is 38.6 Å². The standard InChI is InChI=1S/2C22H24N2O8.2H2O/c2*1-7-8-5-4-6-9(25)11(8)16(26)12-10(7)17(27)14-15(24(2)3)18(28)13(21(23)31)20(30)22(14,32)19(12)29;;/h2*4-7,10,14-15,17,25,27-29,32H,1-3H3,(H2,23,31);2*1H2/t2*7-,10+,14+,15-,17-,22-;;/m00../s1. The number of phenols is 2. The number of benzene rings is 2. The van der Waals surface area contributed by atoms with E-state index in [4.69, 9.17) is 11.5 Å². The van der Waals surface area contributed by atoms with E-state index in [1.807, 2.05) is 0 Å². The molecule has 0 aliphatic heterocycles. The van der Waals surface area contributed by atoms with Gasteiger partial charge in [-0.1, -0.05) is 38.1 Å². The molecule has 0 spiro atoms. The molecule has 66 heavy (non-hydrogen) atoms. The van der Waals surface area contributed by atoms with Crippen molar-refractivity contribution in [3.05, 3.63) is 104 Å². The number of aromatic hydroxyl groups is 2. The van der Waals surface area contributed by atoms with E-state index in [0.29, 0.717) is 11.1 Å². The third-order valence-electron chi connectivity index (χ3n) is 14.0. The Bertz CT molecular complexity index is 2450. The van der Waals surface area contributed by atoms with Gasteiger partial charge >= 0.3 is 0 Å². The number of aliphatic hydroxyl groups excluding tert-OH is 6. The number of hydrogen-bond acceptors (Lipinski definition) is 18. The number of rotatable bonds is 4. The van der Waals surface area contributed by atoms with Crippen LogP contribution in [0.4, 0.5) is 0 Å². The summed E-state index contributed by atoms with van der Waals surface area (Å²) in [6.07, 6.45) is -3.18. The molecule has 2 amide bonds. The van der Waals surface area contributed by atoms with E-state index in [2.05, 4.69) is 0 Å². The minimum atomic E-state index is -2.89. The molecule has 22 heteroatoms. The van der Waals surface area contributed by atoms with Crippen LogP contribution in [0.2, 0.25) is 0 Å². The van der Waals surface area contributed by atoms with Crippen LogP contribution < -0.4 is 11.5 Å². The second kappa shape index (κ2) is 16.7. The highest BCUT2D eigenvalue weighted by Gasteiger charge is 2.69. The lowest BCUT2D eigenvalue weighted by Crippen LogP contribution is -2.68. The molecule has 0 unspecified atom stereocenters. The summed E-state index contributed by atoms with van der Waals surface area (Å²) in [6, 6.07) is 6.33. The number of carbonyl (C=O) groups is 6. The number of likely N-dealkylation sites (N-methyl/N-ethyl adjacent to an activating group) is 2. The van der Waals surface area contributed by atoms with E-state index in [0.717, 1.165) is 0 Å². The minimum absolute atomic E-state index is 0. The quantitative estimate of drug-likeness (QED) is 0.143.